The second-order valence-electron chi connectivity index (χ2n) is 9.24. The van der Waals surface area contributed by atoms with Gasteiger partial charge in [-0.05, 0) is 76.8 Å². The van der Waals surface area contributed by atoms with E-state index in [9.17, 15) is 4.79 Å². The number of thiocarbonyl (C=S) groups is 1. The molecule has 38 heavy (non-hydrogen) atoms. The van der Waals surface area contributed by atoms with Crippen LogP contribution in [0.3, 0.4) is 0 Å². The minimum absolute atomic E-state index is 0.203. The van der Waals surface area contributed by atoms with Crippen molar-refractivity contribution in [3.8, 4) is 22.6 Å². The maximum atomic E-state index is 12.3. The van der Waals surface area contributed by atoms with Gasteiger partial charge in [-0.3, -0.25) is 10.1 Å². The Morgan fingerprint density at radius 3 is 2.26 bits per heavy atom. The van der Waals surface area contributed by atoms with Crippen LogP contribution in [-0.4, -0.2) is 16.0 Å². The van der Waals surface area contributed by atoms with Crippen molar-refractivity contribution in [3.05, 3.63) is 114 Å². The summed E-state index contributed by atoms with van der Waals surface area (Å²) in [5.74, 6) is 0.702. The number of nitrogens with zero attached hydrogens (tertiary/aromatic N) is 1. The van der Waals surface area contributed by atoms with Gasteiger partial charge >= 0.3 is 0 Å². The fourth-order valence-corrected chi connectivity index (χ4v) is 4.26. The van der Waals surface area contributed by atoms with Gasteiger partial charge in [-0.1, -0.05) is 80.6 Å². The van der Waals surface area contributed by atoms with Gasteiger partial charge in [-0.2, -0.15) is 0 Å². The van der Waals surface area contributed by atoms with Crippen molar-refractivity contribution in [2.45, 2.75) is 19.8 Å². The predicted octanol–water partition coefficient (Wildman–Crippen LogP) is 7.81. The van der Waals surface area contributed by atoms with E-state index in [2.05, 4.69) is 65.9 Å². The van der Waals surface area contributed by atoms with Crippen LogP contribution >= 0.6 is 12.2 Å². The molecule has 0 saturated carbocycles. The number of aromatic nitrogens is 1. The summed E-state index contributed by atoms with van der Waals surface area (Å²) in [5.41, 5.74) is 7.45. The fourth-order valence-electron chi connectivity index (χ4n) is 4.04. The molecule has 5 aromatic rings. The summed E-state index contributed by atoms with van der Waals surface area (Å²) >= 11 is 5.33. The molecule has 0 bridgehead atoms. The lowest BCUT2D eigenvalue weighted by atomic mass is 10.0. The summed E-state index contributed by atoms with van der Waals surface area (Å²) in [7, 11) is 0. The van der Waals surface area contributed by atoms with Gasteiger partial charge in [0.05, 0.1) is 0 Å². The summed E-state index contributed by atoms with van der Waals surface area (Å²) < 4.78 is 5.97. The summed E-state index contributed by atoms with van der Waals surface area (Å²) in [5, 5.41) is 5.92. The summed E-state index contributed by atoms with van der Waals surface area (Å²) in [4.78, 5) is 17.0. The highest BCUT2D eigenvalue weighted by atomic mass is 32.1. The standard InChI is InChI=1S/C32H27N3O2S/c1-21(2)23-11-8-22(9-12-23)10-19-30(36)35-32(38)33-27-17-18-29-28(20-27)34-31(37-29)26-15-13-25(14-16-26)24-6-4-3-5-7-24/h3-21H,1-2H3,(H2,33,35,36,38)/b19-10+. The second kappa shape index (κ2) is 11.2. The quantitative estimate of drug-likeness (QED) is 0.178. The van der Waals surface area contributed by atoms with Crippen molar-refractivity contribution in [1.29, 1.82) is 0 Å². The van der Waals surface area contributed by atoms with Crippen molar-refractivity contribution in [3.63, 3.8) is 0 Å². The van der Waals surface area contributed by atoms with E-state index in [1.165, 1.54) is 11.6 Å². The van der Waals surface area contributed by atoms with Crippen molar-refractivity contribution < 1.29 is 9.21 Å². The predicted molar refractivity (Wildman–Crippen MR) is 159 cm³/mol. The zero-order valence-corrected chi connectivity index (χ0v) is 22.0. The highest BCUT2D eigenvalue weighted by Crippen LogP contribution is 2.28. The molecule has 6 heteroatoms. The minimum Gasteiger partial charge on any atom is -0.436 e. The van der Waals surface area contributed by atoms with Crippen molar-refractivity contribution >= 4 is 46.1 Å². The SMILES string of the molecule is CC(C)c1ccc(/C=C/C(=O)NC(=S)Nc2ccc3oc(-c4ccc(-c5ccccc5)cc4)nc3c2)cc1. The van der Waals surface area contributed by atoms with Gasteiger partial charge in [0.15, 0.2) is 10.7 Å². The van der Waals surface area contributed by atoms with Gasteiger partial charge in [0.2, 0.25) is 11.8 Å². The molecule has 0 saturated heterocycles. The first-order valence-electron chi connectivity index (χ1n) is 12.4. The van der Waals surface area contributed by atoms with E-state index in [1.807, 2.05) is 60.7 Å². The smallest absolute Gasteiger partial charge is 0.250 e. The van der Waals surface area contributed by atoms with E-state index in [0.717, 1.165) is 22.3 Å². The number of carbonyl (C=O) groups is 1. The van der Waals surface area contributed by atoms with Crippen molar-refractivity contribution in [2.24, 2.45) is 0 Å². The summed E-state index contributed by atoms with van der Waals surface area (Å²) in [6.45, 7) is 4.30. The van der Waals surface area contributed by atoms with Crippen LogP contribution in [0.25, 0.3) is 39.8 Å². The molecule has 0 atom stereocenters. The van der Waals surface area contributed by atoms with Gasteiger partial charge < -0.3 is 9.73 Å². The number of oxazole rings is 1. The molecular formula is C32H27N3O2S. The monoisotopic (exact) mass is 517 g/mol. The number of amides is 1. The Morgan fingerprint density at radius 1 is 0.868 bits per heavy atom. The molecular weight excluding hydrogens is 490 g/mol. The van der Waals surface area contributed by atoms with Gasteiger partial charge in [0.1, 0.15) is 5.52 Å². The van der Waals surface area contributed by atoms with E-state index in [0.29, 0.717) is 28.6 Å². The van der Waals surface area contributed by atoms with Crippen LogP contribution in [-0.2, 0) is 4.79 Å². The molecule has 0 fully saturated rings. The largest absolute Gasteiger partial charge is 0.436 e. The first-order valence-corrected chi connectivity index (χ1v) is 12.8. The van der Waals surface area contributed by atoms with E-state index in [4.69, 9.17) is 16.6 Å². The number of hydrogen-bond acceptors (Lipinski definition) is 4. The van der Waals surface area contributed by atoms with Crippen LogP contribution < -0.4 is 10.6 Å². The lowest BCUT2D eigenvalue weighted by Gasteiger charge is -2.08. The van der Waals surface area contributed by atoms with Crippen LogP contribution in [0.1, 0.15) is 30.9 Å². The highest BCUT2D eigenvalue weighted by molar-refractivity contribution is 7.80. The Balaban J connectivity index is 1.21. The molecule has 1 heterocycles. The Morgan fingerprint density at radius 2 is 1.55 bits per heavy atom. The minimum atomic E-state index is -0.306. The normalized spacial score (nSPS) is 11.2. The molecule has 0 spiro atoms. The van der Waals surface area contributed by atoms with E-state index >= 15 is 0 Å². The zero-order chi connectivity index (χ0) is 26.5. The zero-order valence-electron chi connectivity index (χ0n) is 21.1. The average Bonchev–Trinajstić information content (AvgIpc) is 3.36. The molecule has 2 N–H and O–H groups in total. The van der Waals surface area contributed by atoms with Crippen LogP contribution in [0.4, 0.5) is 5.69 Å². The summed E-state index contributed by atoms with van der Waals surface area (Å²) in [6.07, 6.45) is 3.23. The number of nitrogens with one attached hydrogen (secondary N) is 2. The highest BCUT2D eigenvalue weighted by Gasteiger charge is 2.10. The Bertz CT molecular complexity index is 1600. The lowest BCUT2D eigenvalue weighted by molar-refractivity contribution is -0.115. The van der Waals surface area contributed by atoms with Crippen LogP contribution in [0.15, 0.2) is 108 Å². The maximum absolute atomic E-state index is 12.3. The molecule has 0 radical (unpaired) electrons. The third-order valence-corrected chi connectivity index (χ3v) is 6.36. The average molecular weight is 518 g/mol. The first-order chi connectivity index (χ1) is 18.4. The molecule has 188 valence electrons. The third-order valence-electron chi connectivity index (χ3n) is 6.15. The molecule has 1 amide bonds. The molecule has 4 aromatic carbocycles. The van der Waals surface area contributed by atoms with E-state index in [1.54, 1.807) is 6.08 Å². The molecule has 0 unspecified atom stereocenters. The van der Waals surface area contributed by atoms with Crippen molar-refractivity contribution in [1.82, 2.24) is 10.3 Å². The van der Waals surface area contributed by atoms with Crippen LogP contribution in [0.2, 0.25) is 0 Å². The molecule has 1 aromatic heterocycles. The van der Waals surface area contributed by atoms with Gasteiger partial charge in [-0.15, -0.1) is 0 Å². The number of rotatable bonds is 6. The third kappa shape index (κ3) is 6.05. The van der Waals surface area contributed by atoms with Crippen molar-refractivity contribution in [2.75, 3.05) is 5.32 Å². The Hall–Kier alpha value is -4.55. The topological polar surface area (TPSA) is 67.2 Å². The van der Waals surface area contributed by atoms with Gasteiger partial charge in [-0.25, -0.2) is 4.98 Å². The number of hydrogen-bond donors (Lipinski definition) is 2. The van der Waals surface area contributed by atoms with Gasteiger partial charge in [0.25, 0.3) is 0 Å². The molecule has 5 rings (SSSR count). The fraction of sp³-hybridized carbons (Fsp3) is 0.0938. The van der Waals surface area contributed by atoms with Crippen LogP contribution in [0, 0.1) is 0 Å². The molecule has 0 aliphatic heterocycles. The molecule has 5 nitrogen and oxygen atoms in total. The van der Waals surface area contributed by atoms with Gasteiger partial charge in [0, 0.05) is 17.3 Å². The number of anilines is 1. The molecule has 0 aliphatic rings. The lowest BCUT2D eigenvalue weighted by Crippen LogP contribution is -2.32. The maximum Gasteiger partial charge on any atom is 0.250 e. The number of carbonyl (C=O) groups excluding carboxylic acids is 1. The Labute approximate surface area is 227 Å². The number of fused-ring (bicyclic) bond motifs is 1. The summed E-state index contributed by atoms with van der Waals surface area (Å²) in [6, 6.07) is 32.0. The Kier molecular flexibility index (Phi) is 7.43. The van der Waals surface area contributed by atoms with Crippen LogP contribution in [0.5, 0.6) is 0 Å². The van der Waals surface area contributed by atoms with E-state index in [-0.39, 0.29) is 11.0 Å². The second-order valence-corrected chi connectivity index (χ2v) is 9.65. The molecule has 0 aliphatic carbocycles. The number of benzene rings is 4. The first kappa shape index (κ1) is 25.1. The van der Waals surface area contributed by atoms with E-state index < -0.39 is 0 Å².